The molecule has 0 bridgehead atoms. The highest BCUT2D eigenvalue weighted by atomic mass is 35.5. The maximum atomic E-state index is 11.0. The number of hydrogen-bond acceptors (Lipinski definition) is 3. The lowest BCUT2D eigenvalue weighted by molar-refractivity contribution is 0.107. The summed E-state index contributed by atoms with van der Waals surface area (Å²) < 4.78 is 4.97. The number of methoxy groups -OCH3 is 1. The van der Waals surface area contributed by atoms with Crippen molar-refractivity contribution in [3.8, 4) is 5.75 Å². The summed E-state index contributed by atoms with van der Waals surface area (Å²) in [7, 11) is 1.44. The Morgan fingerprint density at radius 1 is 1.50 bits per heavy atom. The van der Waals surface area contributed by atoms with E-state index in [1.54, 1.807) is 13.0 Å². The zero-order valence-corrected chi connectivity index (χ0v) is 8.59. The Labute approximate surface area is 86.6 Å². The molecule has 0 saturated carbocycles. The third kappa shape index (κ3) is 1.93. The van der Waals surface area contributed by atoms with Crippen LogP contribution in [-0.4, -0.2) is 18.6 Å². The smallest absolute Gasteiger partial charge is 0.256 e. The number of aldehydes is 1. The van der Waals surface area contributed by atoms with Crippen molar-refractivity contribution in [3.63, 3.8) is 0 Å². The number of hydrogen-bond donors (Lipinski definition) is 0. The highest BCUT2D eigenvalue weighted by molar-refractivity contribution is 6.68. The molecule has 74 valence electrons. The van der Waals surface area contributed by atoms with Gasteiger partial charge in [0, 0.05) is 5.56 Å². The van der Waals surface area contributed by atoms with E-state index < -0.39 is 5.24 Å². The molecule has 0 N–H and O–H groups in total. The van der Waals surface area contributed by atoms with Gasteiger partial charge in [0.05, 0.1) is 12.7 Å². The molecule has 0 aromatic heterocycles. The van der Waals surface area contributed by atoms with E-state index in [9.17, 15) is 9.59 Å². The van der Waals surface area contributed by atoms with Gasteiger partial charge >= 0.3 is 0 Å². The summed E-state index contributed by atoms with van der Waals surface area (Å²) in [6.07, 6.45) is 0.679. The van der Waals surface area contributed by atoms with Crippen molar-refractivity contribution in [1.29, 1.82) is 0 Å². The van der Waals surface area contributed by atoms with Crippen LogP contribution >= 0.6 is 11.6 Å². The lowest BCUT2D eigenvalue weighted by atomic mass is 10.1. The van der Waals surface area contributed by atoms with Gasteiger partial charge in [-0.3, -0.25) is 9.59 Å². The van der Waals surface area contributed by atoms with Crippen LogP contribution in [0.15, 0.2) is 12.1 Å². The van der Waals surface area contributed by atoms with E-state index in [-0.39, 0.29) is 5.56 Å². The second kappa shape index (κ2) is 4.24. The van der Waals surface area contributed by atoms with Gasteiger partial charge in [-0.2, -0.15) is 0 Å². The Kier molecular flexibility index (Phi) is 3.25. The molecule has 0 fully saturated rings. The summed E-state index contributed by atoms with van der Waals surface area (Å²) in [6, 6.07) is 3.04. The number of rotatable bonds is 3. The summed E-state index contributed by atoms with van der Waals surface area (Å²) in [5.41, 5.74) is 1.40. The average molecular weight is 213 g/mol. The maximum absolute atomic E-state index is 11.0. The predicted octanol–water partition coefficient (Wildman–Crippen LogP) is 2.20. The molecule has 1 aromatic carbocycles. The second-order valence-corrected chi connectivity index (χ2v) is 3.14. The quantitative estimate of drug-likeness (QED) is 0.570. The summed E-state index contributed by atoms with van der Waals surface area (Å²) in [5, 5.41) is -0.634. The third-order valence-corrected chi connectivity index (χ3v) is 2.13. The molecule has 0 radical (unpaired) electrons. The van der Waals surface area contributed by atoms with Crippen molar-refractivity contribution in [2.45, 2.75) is 6.92 Å². The lowest BCUT2D eigenvalue weighted by Crippen LogP contribution is -1.99. The first-order valence-electron chi connectivity index (χ1n) is 3.93. The molecule has 3 nitrogen and oxygen atoms in total. The van der Waals surface area contributed by atoms with Crippen molar-refractivity contribution in [3.05, 3.63) is 28.8 Å². The van der Waals surface area contributed by atoms with E-state index in [4.69, 9.17) is 16.3 Å². The largest absolute Gasteiger partial charge is 0.496 e. The molecule has 0 saturated heterocycles. The first-order chi connectivity index (χ1) is 6.60. The first kappa shape index (κ1) is 10.7. The highest BCUT2D eigenvalue weighted by Gasteiger charge is 2.12. The van der Waals surface area contributed by atoms with Crippen LogP contribution in [0.5, 0.6) is 5.75 Å². The molecule has 1 aromatic rings. The molecule has 1 rings (SSSR count). The summed E-state index contributed by atoms with van der Waals surface area (Å²) in [6.45, 7) is 1.76. The Balaban J connectivity index is 3.39. The maximum Gasteiger partial charge on any atom is 0.256 e. The number of ether oxygens (including phenoxy) is 1. The minimum absolute atomic E-state index is 0.210. The Bertz CT molecular complexity index is 385. The number of carbonyl (C=O) groups is 2. The van der Waals surface area contributed by atoms with Crippen LogP contribution < -0.4 is 4.74 Å². The monoisotopic (exact) mass is 212 g/mol. The van der Waals surface area contributed by atoms with Crippen LogP contribution in [0.3, 0.4) is 0 Å². The standard InChI is InChI=1S/C10H9ClO3/c1-6-3-9(14-2)8(10(11)13)4-7(6)5-12/h3-5H,1-2H3. The molecule has 0 heterocycles. The van der Waals surface area contributed by atoms with Crippen LogP contribution in [0.2, 0.25) is 0 Å². The van der Waals surface area contributed by atoms with E-state index in [1.807, 2.05) is 0 Å². The van der Waals surface area contributed by atoms with Crippen molar-refractivity contribution >= 4 is 23.1 Å². The van der Waals surface area contributed by atoms with Gasteiger partial charge in [0.2, 0.25) is 0 Å². The fourth-order valence-corrected chi connectivity index (χ4v) is 1.30. The van der Waals surface area contributed by atoms with E-state index in [0.717, 1.165) is 5.56 Å². The zero-order chi connectivity index (χ0) is 10.7. The number of carbonyl (C=O) groups excluding carboxylic acids is 2. The predicted molar refractivity (Wildman–Crippen MR) is 53.3 cm³/mol. The van der Waals surface area contributed by atoms with Crippen LogP contribution in [0.25, 0.3) is 0 Å². The molecule has 0 aliphatic rings. The molecule has 0 unspecified atom stereocenters. The van der Waals surface area contributed by atoms with Gasteiger partial charge in [0.15, 0.2) is 0 Å². The minimum Gasteiger partial charge on any atom is -0.496 e. The van der Waals surface area contributed by atoms with Gasteiger partial charge in [-0.05, 0) is 36.2 Å². The van der Waals surface area contributed by atoms with Crippen LogP contribution in [-0.2, 0) is 0 Å². The molecule has 0 atom stereocenters. The second-order valence-electron chi connectivity index (χ2n) is 2.80. The molecule has 14 heavy (non-hydrogen) atoms. The Hall–Kier alpha value is -1.35. The van der Waals surface area contributed by atoms with Crippen molar-refractivity contribution in [2.24, 2.45) is 0 Å². The molecular formula is C10H9ClO3. The average Bonchev–Trinajstić information content (AvgIpc) is 2.16. The highest BCUT2D eigenvalue weighted by Crippen LogP contribution is 2.23. The summed E-state index contributed by atoms with van der Waals surface area (Å²) in [5.74, 6) is 0.383. The summed E-state index contributed by atoms with van der Waals surface area (Å²) >= 11 is 5.33. The first-order valence-corrected chi connectivity index (χ1v) is 4.31. The SMILES string of the molecule is COc1cc(C)c(C=O)cc1C(=O)Cl. The van der Waals surface area contributed by atoms with Crippen molar-refractivity contribution in [2.75, 3.05) is 7.11 Å². The Morgan fingerprint density at radius 3 is 2.57 bits per heavy atom. The molecular weight excluding hydrogens is 204 g/mol. The van der Waals surface area contributed by atoms with Gasteiger partial charge in [-0.15, -0.1) is 0 Å². The number of benzene rings is 1. The van der Waals surface area contributed by atoms with Crippen LogP contribution in [0, 0.1) is 6.92 Å². The zero-order valence-electron chi connectivity index (χ0n) is 7.83. The fraction of sp³-hybridized carbons (Fsp3) is 0.200. The number of aryl methyl sites for hydroxylation is 1. The van der Waals surface area contributed by atoms with Crippen LogP contribution in [0.1, 0.15) is 26.3 Å². The van der Waals surface area contributed by atoms with E-state index in [2.05, 4.69) is 0 Å². The third-order valence-electron chi connectivity index (χ3n) is 1.93. The van der Waals surface area contributed by atoms with Crippen LogP contribution in [0.4, 0.5) is 0 Å². The van der Waals surface area contributed by atoms with Gasteiger partial charge in [0.1, 0.15) is 12.0 Å². The van der Waals surface area contributed by atoms with E-state index in [0.29, 0.717) is 17.6 Å². The number of halogens is 1. The Morgan fingerprint density at radius 2 is 2.14 bits per heavy atom. The van der Waals surface area contributed by atoms with E-state index in [1.165, 1.54) is 13.2 Å². The van der Waals surface area contributed by atoms with Gasteiger partial charge in [-0.1, -0.05) is 0 Å². The van der Waals surface area contributed by atoms with E-state index >= 15 is 0 Å². The van der Waals surface area contributed by atoms with Gasteiger partial charge in [0.25, 0.3) is 5.24 Å². The fourth-order valence-electron chi connectivity index (χ4n) is 1.15. The topological polar surface area (TPSA) is 43.4 Å². The minimum atomic E-state index is -0.634. The van der Waals surface area contributed by atoms with Crippen molar-refractivity contribution < 1.29 is 14.3 Å². The van der Waals surface area contributed by atoms with Gasteiger partial charge < -0.3 is 4.74 Å². The molecule has 0 aliphatic heterocycles. The molecule has 4 heteroatoms. The van der Waals surface area contributed by atoms with Gasteiger partial charge in [-0.25, -0.2) is 0 Å². The molecule has 0 aliphatic carbocycles. The lowest BCUT2D eigenvalue weighted by Gasteiger charge is -2.07. The van der Waals surface area contributed by atoms with Crippen molar-refractivity contribution in [1.82, 2.24) is 0 Å². The molecule has 0 amide bonds. The summed E-state index contributed by atoms with van der Waals surface area (Å²) in [4.78, 5) is 21.6. The normalized spacial score (nSPS) is 9.64. The molecule has 0 spiro atoms.